The highest BCUT2D eigenvalue weighted by Crippen LogP contribution is 2.39. The second-order valence-electron chi connectivity index (χ2n) is 3.97. The molecule has 0 radical (unpaired) electrons. The molecule has 0 spiro atoms. The van der Waals surface area contributed by atoms with Gasteiger partial charge >= 0.3 is 0 Å². The molecule has 2 atom stereocenters. The summed E-state index contributed by atoms with van der Waals surface area (Å²) in [4.78, 5) is 0. The van der Waals surface area contributed by atoms with Crippen molar-refractivity contribution in [1.29, 1.82) is 0 Å². The highest BCUT2D eigenvalue weighted by atomic mass is 16.6. The van der Waals surface area contributed by atoms with Gasteiger partial charge in [0.15, 0.2) is 17.1 Å². The van der Waals surface area contributed by atoms with Crippen molar-refractivity contribution in [2.75, 3.05) is 13.2 Å². The van der Waals surface area contributed by atoms with Crippen molar-refractivity contribution in [1.82, 2.24) is 0 Å². The van der Waals surface area contributed by atoms with Crippen LogP contribution in [-0.2, 0) is 4.74 Å². The van der Waals surface area contributed by atoms with E-state index < -0.39 is 0 Å². The number of hydrogen-bond acceptors (Lipinski definition) is 3. The van der Waals surface area contributed by atoms with Crippen molar-refractivity contribution in [2.24, 2.45) is 0 Å². The molecule has 2 heterocycles. The molecule has 0 aliphatic carbocycles. The summed E-state index contributed by atoms with van der Waals surface area (Å²) < 4.78 is 16.8. The molecule has 1 fully saturated rings. The zero-order valence-electron chi connectivity index (χ0n) is 8.03. The number of rotatable bonds is 1. The van der Waals surface area contributed by atoms with Crippen molar-refractivity contribution in [3.8, 4) is 11.5 Å². The second kappa shape index (κ2) is 2.64. The molecule has 2 aliphatic heterocycles. The highest BCUT2D eigenvalue weighted by molar-refractivity contribution is 5.41. The summed E-state index contributed by atoms with van der Waals surface area (Å²) in [5.41, 5.74) is -0.311. The van der Waals surface area contributed by atoms with Gasteiger partial charge in [-0.15, -0.1) is 0 Å². The maximum absolute atomic E-state index is 5.89. The molecule has 14 heavy (non-hydrogen) atoms. The number of fused-ring (bicyclic) bond motifs is 1. The molecule has 3 rings (SSSR count). The molecule has 2 aliphatic rings. The number of hydrogen-bond donors (Lipinski definition) is 0. The first-order chi connectivity index (χ1) is 6.78. The van der Waals surface area contributed by atoms with Crippen LogP contribution in [0.1, 0.15) is 6.92 Å². The molecule has 0 saturated carbocycles. The van der Waals surface area contributed by atoms with Crippen LogP contribution in [0.5, 0.6) is 11.5 Å². The first kappa shape index (κ1) is 8.12. The van der Waals surface area contributed by atoms with E-state index in [0.29, 0.717) is 6.61 Å². The summed E-state index contributed by atoms with van der Waals surface area (Å²) in [7, 11) is 0. The fourth-order valence-corrected chi connectivity index (χ4v) is 1.71. The van der Waals surface area contributed by atoms with Gasteiger partial charge in [-0.1, -0.05) is 12.1 Å². The van der Waals surface area contributed by atoms with Gasteiger partial charge in [-0.2, -0.15) is 0 Å². The number of para-hydroxylation sites is 2. The summed E-state index contributed by atoms with van der Waals surface area (Å²) in [6.07, 6.45) is 0.191. The van der Waals surface area contributed by atoms with Gasteiger partial charge in [-0.3, -0.25) is 0 Å². The maximum atomic E-state index is 5.89. The van der Waals surface area contributed by atoms with Crippen molar-refractivity contribution in [3.05, 3.63) is 24.3 Å². The Bertz CT molecular complexity index is 359. The van der Waals surface area contributed by atoms with Crippen LogP contribution in [0, 0.1) is 0 Å². The van der Waals surface area contributed by atoms with Gasteiger partial charge in [0, 0.05) is 0 Å². The molecule has 0 bridgehead atoms. The third-order valence-corrected chi connectivity index (χ3v) is 2.72. The quantitative estimate of drug-likeness (QED) is 0.633. The van der Waals surface area contributed by atoms with Gasteiger partial charge < -0.3 is 14.2 Å². The fourth-order valence-electron chi connectivity index (χ4n) is 1.71. The van der Waals surface area contributed by atoms with Crippen molar-refractivity contribution in [3.63, 3.8) is 0 Å². The summed E-state index contributed by atoms with van der Waals surface area (Å²) in [5.74, 6) is 1.64. The van der Waals surface area contributed by atoms with Crippen LogP contribution in [0.3, 0.4) is 0 Å². The average Bonchev–Trinajstić information content (AvgIpc) is 3.01. The molecule has 3 nitrogen and oxygen atoms in total. The SMILES string of the molecule is CC1(C2CO2)COc2ccccc2O1. The van der Waals surface area contributed by atoms with Gasteiger partial charge in [0.05, 0.1) is 6.61 Å². The minimum Gasteiger partial charge on any atom is -0.485 e. The molecular weight excluding hydrogens is 180 g/mol. The van der Waals surface area contributed by atoms with Crippen LogP contribution in [0.2, 0.25) is 0 Å². The van der Waals surface area contributed by atoms with Gasteiger partial charge in [0.2, 0.25) is 0 Å². The predicted molar refractivity (Wildman–Crippen MR) is 50.7 cm³/mol. The van der Waals surface area contributed by atoms with Gasteiger partial charge in [-0.25, -0.2) is 0 Å². The summed E-state index contributed by atoms with van der Waals surface area (Å²) in [6.45, 7) is 3.37. The standard InChI is InChI=1S/C11H12O3/c1-11(10-6-12-10)7-13-8-4-2-3-5-9(8)14-11/h2-5,10H,6-7H2,1H3. The van der Waals surface area contributed by atoms with Crippen molar-refractivity contribution in [2.45, 2.75) is 18.6 Å². The number of epoxide rings is 1. The van der Waals surface area contributed by atoms with E-state index in [4.69, 9.17) is 14.2 Å². The molecular formula is C11H12O3. The minimum atomic E-state index is -0.311. The monoisotopic (exact) mass is 192 g/mol. The molecule has 1 saturated heterocycles. The van der Waals surface area contributed by atoms with E-state index in [0.717, 1.165) is 18.1 Å². The van der Waals surface area contributed by atoms with E-state index in [-0.39, 0.29) is 11.7 Å². The van der Waals surface area contributed by atoms with Crippen molar-refractivity contribution >= 4 is 0 Å². The van der Waals surface area contributed by atoms with E-state index in [1.165, 1.54) is 0 Å². The Balaban J connectivity index is 1.92. The molecule has 2 unspecified atom stereocenters. The molecule has 3 heteroatoms. The minimum absolute atomic E-state index is 0.191. The molecule has 0 amide bonds. The zero-order valence-corrected chi connectivity index (χ0v) is 8.03. The van der Waals surface area contributed by atoms with Crippen LogP contribution in [0.15, 0.2) is 24.3 Å². The van der Waals surface area contributed by atoms with Gasteiger partial charge in [0.25, 0.3) is 0 Å². The molecule has 0 aromatic heterocycles. The lowest BCUT2D eigenvalue weighted by atomic mass is 10.0. The van der Waals surface area contributed by atoms with E-state index in [1.807, 2.05) is 31.2 Å². The van der Waals surface area contributed by atoms with Gasteiger partial charge in [0.1, 0.15) is 12.7 Å². The smallest absolute Gasteiger partial charge is 0.168 e. The van der Waals surface area contributed by atoms with E-state index >= 15 is 0 Å². The zero-order chi connectivity index (χ0) is 9.60. The second-order valence-corrected chi connectivity index (χ2v) is 3.97. The molecule has 74 valence electrons. The summed E-state index contributed by atoms with van der Waals surface area (Å²) in [5, 5.41) is 0. The van der Waals surface area contributed by atoms with Crippen LogP contribution in [0.25, 0.3) is 0 Å². The van der Waals surface area contributed by atoms with Crippen LogP contribution in [0.4, 0.5) is 0 Å². The summed E-state index contributed by atoms with van der Waals surface area (Å²) in [6, 6.07) is 7.73. The third-order valence-electron chi connectivity index (χ3n) is 2.72. The fraction of sp³-hybridized carbons (Fsp3) is 0.455. The Morgan fingerprint density at radius 3 is 2.71 bits per heavy atom. The Kier molecular flexibility index (Phi) is 1.53. The number of benzene rings is 1. The van der Waals surface area contributed by atoms with Gasteiger partial charge in [-0.05, 0) is 19.1 Å². The average molecular weight is 192 g/mol. The predicted octanol–water partition coefficient (Wildman–Crippen LogP) is 1.62. The van der Waals surface area contributed by atoms with E-state index in [2.05, 4.69) is 0 Å². The lowest BCUT2D eigenvalue weighted by Gasteiger charge is -2.34. The van der Waals surface area contributed by atoms with Crippen LogP contribution < -0.4 is 9.47 Å². The molecule has 1 aromatic carbocycles. The number of ether oxygens (including phenoxy) is 3. The topological polar surface area (TPSA) is 31.0 Å². The molecule has 1 aromatic rings. The lowest BCUT2D eigenvalue weighted by Crippen LogP contribution is -2.46. The lowest BCUT2D eigenvalue weighted by molar-refractivity contribution is -0.0145. The Morgan fingerprint density at radius 2 is 2.00 bits per heavy atom. The normalized spacial score (nSPS) is 33.9. The van der Waals surface area contributed by atoms with Crippen LogP contribution in [-0.4, -0.2) is 24.9 Å². The van der Waals surface area contributed by atoms with Crippen LogP contribution >= 0.6 is 0 Å². The largest absolute Gasteiger partial charge is 0.485 e. The van der Waals surface area contributed by atoms with E-state index in [1.54, 1.807) is 0 Å². The first-order valence-corrected chi connectivity index (χ1v) is 4.80. The highest BCUT2D eigenvalue weighted by Gasteiger charge is 2.48. The Labute approximate surface area is 82.6 Å². The Morgan fingerprint density at radius 1 is 1.29 bits per heavy atom. The Hall–Kier alpha value is -1.22. The molecule has 0 N–H and O–H groups in total. The first-order valence-electron chi connectivity index (χ1n) is 4.80. The van der Waals surface area contributed by atoms with Crippen molar-refractivity contribution < 1.29 is 14.2 Å². The third kappa shape index (κ3) is 1.16. The van der Waals surface area contributed by atoms with E-state index in [9.17, 15) is 0 Å². The maximum Gasteiger partial charge on any atom is 0.168 e. The summed E-state index contributed by atoms with van der Waals surface area (Å²) >= 11 is 0.